The van der Waals surface area contributed by atoms with Crippen molar-refractivity contribution in [2.24, 2.45) is 7.05 Å². The van der Waals surface area contributed by atoms with Crippen molar-refractivity contribution in [3.63, 3.8) is 0 Å². The molecule has 1 aromatic carbocycles. The van der Waals surface area contributed by atoms with E-state index in [-0.39, 0.29) is 0 Å². The lowest BCUT2D eigenvalue weighted by Crippen LogP contribution is -2.11. The number of hydrogen-bond donors (Lipinski definition) is 0. The summed E-state index contributed by atoms with van der Waals surface area (Å²) < 4.78 is 2.28. The van der Waals surface area contributed by atoms with E-state index in [0.29, 0.717) is 0 Å². The summed E-state index contributed by atoms with van der Waals surface area (Å²) >= 11 is 0. The Hall–Kier alpha value is -2.40. The third-order valence-corrected chi connectivity index (χ3v) is 5.85. The minimum absolute atomic E-state index is 0.938. The second-order valence-electron chi connectivity index (χ2n) is 7.23. The van der Waals surface area contributed by atoms with Crippen molar-refractivity contribution in [2.75, 3.05) is 14.1 Å². The van der Waals surface area contributed by atoms with Gasteiger partial charge in [-0.3, -0.25) is 0 Å². The molecule has 0 bridgehead atoms. The van der Waals surface area contributed by atoms with E-state index in [0.717, 1.165) is 16.8 Å². The molecule has 0 saturated heterocycles. The number of benzene rings is 1. The molecule has 0 saturated carbocycles. The molecular formula is C25H36N2. The summed E-state index contributed by atoms with van der Waals surface area (Å²) in [7, 11) is 6.13. The van der Waals surface area contributed by atoms with Crippen molar-refractivity contribution in [1.29, 1.82) is 0 Å². The van der Waals surface area contributed by atoms with E-state index in [1.807, 2.05) is 32.8 Å². The van der Waals surface area contributed by atoms with E-state index in [9.17, 15) is 0 Å². The largest absolute Gasteiger partial charge is 0.378 e. The molecule has 1 aromatic heterocycles. The van der Waals surface area contributed by atoms with E-state index in [4.69, 9.17) is 6.42 Å². The van der Waals surface area contributed by atoms with Crippen LogP contribution in [-0.2, 0) is 7.05 Å². The van der Waals surface area contributed by atoms with Gasteiger partial charge in [0.1, 0.15) is 0 Å². The molecule has 0 fully saturated rings. The molecule has 0 N–H and O–H groups in total. The van der Waals surface area contributed by atoms with E-state index >= 15 is 0 Å². The summed E-state index contributed by atoms with van der Waals surface area (Å²) in [5, 5.41) is 1.28. The fourth-order valence-electron chi connectivity index (χ4n) is 3.69. The van der Waals surface area contributed by atoms with Gasteiger partial charge < -0.3 is 9.47 Å². The van der Waals surface area contributed by atoms with Crippen LogP contribution in [0.4, 0.5) is 0 Å². The number of hydrogen-bond acceptors (Lipinski definition) is 1. The highest BCUT2D eigenvalue weighted by atomic mass is 15.1. The summed E-state index contributed by atoms with van der Waals surface area (Å²) in [4.78, 5) is 2.01. The van der Waals surface area contributed by atoms with Gasteiger partial charge in [-0.25, -0.2) is 0 Å². The van der Waals surface area contributed by atoms with Gasteiger partial charge in [0.2, 0.25) is 0 Å². The Kier molecular flexibility index (Phi) is 7.15. The van der Waals surface area contributed by atoms with Gasteiger partial charge >= 0.3 is 0 Å². The highest BCUT2D eigenvalue weighted by Crippen LogP contribution is 2.39. The zero-order chi connectivity index (χ0) is 21.2. The highest BCUT2D eigenvalue weighted by Gasteiger charge is 2.22. The van der Waals surface area contributed by atoms with Crippen LogP contribution in [0.5, 0.6) is 0 Å². The van der Waals surface area contributed by atoms with Crippen molar-refractivity contribution in [3.05, 3.63) is 51.4 Å². The highest BCUT2D eigenvalue weighted by molar-refractivity contribution is 6.03. The fourth-order valence-corrected chi connectivity index (χ4v) is 3.69. The van der Waals surface area contributed by atoms with Crippen LogP contribution >= 0.6 is 0 Å². The van der Waals surface area contributed by atoms with Crippen LogP contribution in [0.1, 0.15) is 54.3 Å². The van der Waals surface area contributed by atoms with Crippen LogP contribution in [0.3, 0.4) is 0 Å². The molecule has 0 aliphatic rings. The average Bonchev–Trinajstić information content (AvgIpc) is 2.91. The van der Waals surface area contributed by atoms with Gasteiger partial charge in [0.15, 0.2) is 0 Å². The Labute approximate surface area is 166 Å². The molecule has 0 aliphatic heterocycles. The maximum Gasteiger partial charge on any atom is 0.0521 e. The standard InChI is InChI=1S/C23H30N2.C2H6/c1-12-20(17(6)18(7)24(9)10)22-19(8)25(11)23-16(5)14(3)13(2)15(4)21(22)23;1-2/h1H,7H2,2-6,8-11H3;1-2H3/b20-17+;. The van der Waals surface area contributed by atoms with Crippen LogP contribution in [0.2, 0.25) is 0 Å². The molecule has 1 heterocycles. The van der Waals surface area contributed by atoms with Crippen molar-refractivity contribution in [2.45, 2.75) is 55.4 Å². The van der Waals surface area contributed by atoms with E-state index in [1.54, 1.807) is 0 Å². The first-order valence-electron chi connectivity index (χ1n) is 9.65. The third-order valence-electron chi connectivity index (χ3n) is 5.85. The lowest BCUT2D eigenvalue weighted by atomic mass is 9.90. The molecule has 2 rings (SSSR count). The minimum Gasteiger partial charge on any atom is -0.378 e. The number of allylic oxidation sites excluding steroid dienone is 2. The Balaban J connectivity index is 0.00000176. The second kappa shape index (κ2) is 8.53. The van der Waals surface area contributed by atoms with Crippen LogP contribution in [-0.4, -0.2) is 23.6 Å². The van der Waals surface area contributed by atoms with Gasteiger partial charge in [-0.05, 0) is 69.4 Å². The van der Waals surface area contributed by atoms with Crippen molar-refractivity contribution < 1.29 is 0 Å². The first kappa shape index (κ1) is 22.6. The molecular weight excluding hydrogens is 328 g/mol. The molecule has 2 aromatic rings. The predicted molar refractivity (Wildman–Crippen MR) is 122 cm³/mol. The lowest BCUT2D eigenvalue weighted by molar-refractivity contribution is 0.524. The van der Waals surface area contributed by atoms with E-state index < -0.39 is 0 Å². The number of rotatable bonds is 3. The Morgan fingerprint density at radius 1 is 0.963 bits per heavy atom. The molecule has 0 atom stereocenters. The van der Waals surface area contributed by atoms with Gasteiger partial charge in [-0.1, -0.05) is 26.3 Å². The summed E-state index contributed by atoms with van der Waals surface area (Å²) in [6.45, 7) is 21.2. The van der Waals surface area contributed by atoms with Gasteiger partial charge in [0.05, 0.1) is 5.52 Å². The molecule has 0 amide bonds. The Morgan fingerprint density at radius 3 is 1.89 bits per heavy atom. The summed E-state index contributed by atoms with van der Waals surface area (Å²) in [6.07, 6.45) is 5.99. The average molecular weight is 365 g/mol. The van der Waals surface area contributed by atoms with Crippen LogP contribution < -0.4 is 0 Å². The first-order valence-corrected chi connectivity index (χ1v) is 9.65. The first-order chi connectivity index (χ1) is 12.6. The summed E-state index contributed by atoms with van der Waals surface area (Å²) in [5.41, 5.74) is 11.9. The lowest BCUT2D eigenvalue weighted by Gasteiger charge is -2.19. The Morgan fingerprint density at radius 2 is 1.44 bits per heavy atom. The minimum atomic E-state index is 0.938. The number of aromatic nitrogens is 1. The van der Waals surface area contributed by atoms with Crippen molar-refractivity contribution in [1.82, 2.24) is 9.47 Å². The molecule has 2 heteroatoms. The molecule has 0 unspecified atom stereocenters. The SMILES string of the molecule is C#C/C(=C(/C)C(=C)N(C)C)c1c(C)n(C)c2c(C)c(C)c(C)c(C)c12.CC. The van der Waals surface area contributed by atoms with Crippen LogP contribution in [0.15, 0.2) is 17.8 Å². The van der Waals surface area contributed by atoms with Crippen LogP contribution in [0, 0.1) is 47.0 Å². The summed E-state index contributed by atoms with van der Waals surface area (Å²) in [5.74, 6) is 2.96. The zero-order valence-electron chi connectivity index (χ0n) is 19.2. The topological polar surface area (TPSA) is 8.17 Å². The van der Waals surface area contributed by atoms with Crippen LogP contribution in [0.25, 0.3) is 16.5 Å². The molecule has 2 nitrogen and oxygen atoms in total. The number of terminal acetylenes is 1. The monoisotopic (exact) mass is 364 g/mol. The van der Waals surface area contributed by atoms with E-state index in [1.165, 1.54) is 44.4 Å². The predicted octanol–water partition coefficient (Wildman–Crippen LogP) is 6.23. The number of fused-ring (bicyclic) bond motifs is 1. The normalized spacial score (nSPS) is 11.5. The molecule has 146 valence electrons. The summed E-state index contributed by atoms with van der Waals surface area (Å²) in [6, 6.07) is 0. The molecule has 0 aliphatic carbocycles. The number of likely N-dealkylation sites (N-methyl/N-ethyl adjacent to an activating group) is 1. The van der Waals surface area contributed by atoms with E-state index in [2.05, 4.69) is 65.7 Å². The van der Waals surface area contributed by atoms with Gasteiger partial charge in [-0.15, -0.1) is 6.42 Å². The maximum atomic E-state index is 5.99. The molecule has 0 spiro atoms. The van der Waals surface area contributed by atoms with Crippen molar-refractivity contribution >= 4 is 16.5 Å². The fraction of sp³-hybridized carbons (Fsp3) is 0.440. The molecule has 27 heavy (non-hydrogen) atoms. The van der Waals surface area contributed by atoms with Crippen molar-refractivity contribution in [3.8, 4) is 12.3 Å². The molecule has 0 radical (unpaired) electrons. The second-order valence-corrected chi connectivity index (χ2v) is 7.23. The quantitative estimate of drug-likeness (QED) is 0.463. The number of nitrogens with zero attached hydrogens (tertiary/aromatic N) is 2. The third kappa shape index (κ3) is 3.56. The van der Waals surface area contributed by atoms with Gasteiger partial charge in [-0.2, -0.15) is 0 Å². The van der Waals surface area contributed by atoms with Gasteiger partial charge in [0.25, 0.3) is 0 Å². The number of aryl methyl sites for hydroxylation is 3. The zero-order valence-corrected chi connectivity index (χ0v) is 19.2. The van der Waals surface area contributed by atoms with Gasteiger partial charge in [0, 0.05) is 49.1 Å². The maximum absolute atomic E-state index is 5.99. The Bertz CT molecular complexity index is 957. The smallest absolute Gasteiger partial charge is 0.0521 e.